The zero-order valence-corrected chi connectivity index (χ0v) is 4.44. The Hall–Kier alpha value is -0.730. The highest BCUT2D eigenvalue weighted by molar-refractivity contribution is 5.36. The Balaban J connectivity index is 2.66. The van der Waals surface area contributed by atoms with Crippen LogP contribution in [0.25, 0.3) is 0 Å². The van der Waals surface area contributed by atoms with Crippen LogP contribution in [0.1, 0.15) is 0 Å². The zero-order chi connectivity index (χ0) is 6.91. The van der Waals surface area contributed by atoms with Gasteiger partial charge in [0.15, 0.2) is 0 Å². The molecule has 3 heteroatoms. The molecule has 0 heterocycles. The Morgan fingerprint density at radius 2 is 1.78 bits per heavy atom. The van der Waals surface area contributed by atoms with E-state index < -0.39 is 11.7 Å². The molecule has 1 radical (unpaired) electrons. The number of rotatable bonds is 0. The maximum absolute atomic E-state index is 11.6. The predicted octanol–water partition coefficient (Wildman–Crippen LogP) is 2.25. The van der Waals surface area contributed by atoms with E-state index in [-0.39, 0.29) is 0 Å². The molecule has 1 rings (SSSR count). The Kier molecular flexibility index (Phi) is 1.35. The Morgan fingerprint density at radius 3 is 2.00 bits per heavy atom. The fourth-order valence-electron chi connectivity index (χ4n) is 0.563. The first-order valence-corrected chi connectivity index (χ1v) is 2.39. The van der Waals surface area contributed by atoms with Crippen LogP contribution in [0.15, 0.2) is 23.8 Å². The van der Waals surface area contributed by atoms with E-state index >= 15 is 0 Å². The van der Waals surface area contributed by atoms with E-state index in [0.29, 0.717) is 0 Å². The molecule has 0 amide bonds. The average Bonchev–Trinajstić information content (AvgIpc) is 2.08. The van der Waals surface area contributed by atoms with Crippen LogP contribution >= 0.6 is 0 Å². The van der Waals surface area contributed by atoms with Gasteiger partial charge in [-0.2, -0.15) is 13.2 Å². The molecular formula is C6H4F3. The van der Waals surface area contributed by atoms with Gasteiger partial charge in [0.2, 0.25) is 0 Å². The summed E-state index contributed by atoms with van der Waals surface area (Å²) in [6, 6.07) is 0. The molecule has 0 fully saturated rings. The highest BCUT2D eigenvalue weighted by Gasteiger charge is 2.33. The molecule has 0 aliphatic heterocycles. The largest absolute Gasteiger partial charge is 0.413 e. The third-order valence-electron chi connectivity index (χ3n) is 0.990. The molecule has 0 atom stereocenters. The van der Waals surface area contributed by atoms with E-state index in [1.807, 2.05) is 0 Å². The summed E-state index contributed by atoms with van der Waals surface area (Å²) in [4.78, 5) is 0. The van der Waals surface area contributed by atoms with Gasteiger partial charge in [-0.15, -0.1) is 0 Å². The minimum absolute atomic E-state index is 0.581. The van der Waals surface area contributed by atoms with Crippen LogP contribution in [0.3, 0.4) is 0 Å². The summed E-state index contributed by atoms with van der Waals surface area (Å²) in [6.45, 7) is 0. The molecule has 1 aliphatic carbocycles. The van der Waals surface area contributed by atoms with Crippen molar-refractivity contribution in [2.45, 2.75) is 6.18 Å². The normalized spacial score (nSPS) is 18.3. The number of hydrogen-bond acceptors (Lipinski definition) is 0. The summed E-state index contributed by atoms with van der Waals surface area (Å²) >= 11 is 0. The van der Waals surface area contributed by atoms with Crippen LogP contribution in [0.5, 0.6) is 0 Å². The smallest absolute Gasteiger partial charge is 0.166 e. The van der Waals surface area contributed by atoms with Gasteiger partial charge >= 0.3 is 6.18 Å². The molecule has 0 nitrogen and oxygen atoms in total. The monoisotopic (exact) mass is 133 g/mol. The maximum Gasteiger partial charge on any atom is 0.413 e. The first-order chi connectivity index (χ1) is 4.11. The number of hydrogen-bond donors (Lipinski definition) is 0. The van der Waals surface area contributed by atoms with E-state index in [4.69, 9.17) is 0 Å². The van der Waals surface area contributed by atoms with Crippen LogP contribution in [0.4, 0.5) is 13.2 Å². The second-order valence-electron chi connectivity index (χ2n) is 1.67. The molecule has 1 aliphatic rings. The van der Waals surface area contributed by atoms with Crippen molar-refractivity contribution in [3.8, 4) is 0 Å². The minimum Gasteiger partial charge on any atom is -0.166 e. The van der Waals surface area contributed by atoms with Gasteiger partial charge in [0.25, 0.3) is 0 Å². The van der Waals surface area contributed by atoms with Gasteiger partial charge in [-0.1, -0.05) is 18.2 Å². The number of halogens is 3. The maximum atomic E-state index is 11.6. The summed E-state index contributed by atoms with van der Waals surface area (Å²) in [6.07, 6.45) is 0.634. The lowest BCUT2D eigenvalue weighted by Gasteiger charge is -2.04. The molecule has 9 heavy (non-hydrogen) atoms. The first kappa shape index (κ1) is 6.39. The van der Waals surface area contributed by atoms with E-state index in [9.17, 15) is 13.2 Å². The second-order valence-corrected chi connectivity index (χ2v) is 1.67. The molecule has 0 saturated heterocycles. The Labute approximate surface area is 50.7 Å². The van der Waals surface area contributed by atoms with Crippen molar-refractivity contribution in [2.24, 2.45) is 0 Å². The lowest BCUT2D eigenvalue weighted by molar-refractivity contribution is -0.0891. The molecular weight excluding hydrogens is 129 g/mol. The van der Waals surface area contributed by atoms with Crippen LogP contribution in [0.2, 0.25) is 0 Å². The third kappa shape index (κ3) is 1.34. The van der Waals surface area contributed by atoms with E-state index in [2.05, 4.69) is 0 Å². The molecule has 49 valence electrons. The second kappa shape index (κ2) is 1.90. The summed E-state index contributed by atoms with van der Waals surface area (Å²) in [7, 11) is 0. The quantitative estimate of drug-likeness (QED) is 0.475. The van der Waals surface area contributed by atoms with Crippen molar-refractivity contribution < 1.29 is 13.2 Å². The van der Waals surface area contributed by atoms with E-state index in [0.717, 1.165) is 12.5 Å². The third-order valence-corrected chi connectivity index (χ3v) is 0.990. The number of allylic oxidation sites excluding steroid dienone is 4. The molecule has 0 aromatic heterocycles. The summed E-state index contributed by atoms with van der Waals surface area (Å²) < 4.78 is 34.9. The van der Waals surface area contributed by atoms with Crippen molar-refractivity contribution in [3.05, 3.63) is 30.2 Å². The van der Waals surface area contributed by atoms with Crippen molar-refractivity contribution in [3.63, 3.8) is 0 Å². The predicted molar refractivity (Wildman–Crippen MR) is 27.6 cm³/mol. The zero-order valence-electron chi connectivity index (χ0n) is 4.44. The highest BCUT2D eigenvalue weighted by Crippen LogP contribution is 2.29. The Morgan fingerprint density at radius 1 is 1.11 bits per heavy atom. The SMILES string of the molecule is FC(F)(F)C1=CC=C[CH]1. The van der Waals surface area contributed by atoms with Crippen molar-refractivity contribution in [1.29, 1.82) is 0 Å². The van der Waals surface area contributed by atoms with Gasteiger partial charge in [-0.3, -0.25) is 0 Å². The first-order valence-electron chi connectivity index (χ1n) is 2.39. The van der Waals surface area contributed by atoms with Gasteiger partial charge in [0, 0.05) is 12.0 Å². The molecule has 0 N–H and O–H groups in total. The van der Waals surface area contributed by atoms with Gasteiger partial charge in [-0.25, -0.2) is 0 Å². The summed E-state index contributed by atoms with van der Waals surface area (Å²) in [5.41, 5.74) is -0.581. The summed E-state index contributed by atoms with van der Waals surface area (Å²) in [5, 5.41) is 0. The Bertz CT molecular complexity index is 162. The van der Waals surface area contributed by atoms with Crippen LogP contribution in [0, 0.1) is 6.42 Å². The van der Waals surface area contributed by atoms with Gasteiger partial charge < -0.3 is 0 Å². The summed E-state index contributed by atoms with van der Waals surface area (Å²) in [5.74, 6) is 0. The average molecular weight is 133 g/mol. The van der Waals surface area contributed by atoms with Crippen molar-refractivity contribution in [2.75, 3.05) is 0 Å². The lowest BCUT2D eigenvalue weighted by Crippen LogP contribution is -2.09. The molecule has 0 unspecified atom stereocenters. The topological polar surface area (TPSA) is 0 Å². The minimum atomic E-state index is -4.18. The van der Waals surface area contributed by atoms with Gasteiger partial charge in [0.05, 0.1) is 0 Å². The van der Waals surface area contributed by atoms with Crippen LogP contribution < -0.4 is 0 Å². The van der Waals surface area contributed by atoms with Crippen LogP contribution in [-0.4, -0.2) is 6.18 Å². The lowest BCUT2D eigenvalue weighted by atomic mass is 10.2. The van der Waals surface area contributed by atoms with Crippen LogP contribution in [-0.2, 0) is 0 Å². The van der Waals surface area contributed by atoms with E-state index in [1.54, 1.807) is 0 Å². The fourth-order valence-corrected chi connectivity index (χ4v) is 0.563. The standard InChI is InChI=1S/C6H4F3/c7-6(8,9)5-3-1-2-4-5/h1-4H. The molecule has 0 bridgehead atoms. The number of alkyl halides is 3. The van der Waals surface area contributed by atoms with Crippen molar-refractivity contribution >= 4 is 0 Å². The van der Waals surface area contributed by atoms with Gasteiger partial charge in [0.1, 0.15) is 0 Å². The van der Waals surface area contributed by atoms with Gasteiger partial charge in [-0.05, 0) is 0 Å². The molecule has 0 aromatic rings. The molecule has 0 spiro atoms. The molecule has 0 saturated carbocycles. The fraction of sp³-hybridized carbons (Fsp3) is 0.167. The highest BCUT2D eigenvalue weighted by atomic mass is 19.4. The van der Waals surface area contributed by atoms with E-state index in [1.165, 1.54) is 12.2 Å². The molecule has 0 aromatic carbocycles. The van der Waals surface area contributed by atoms with Crippen molar-refractivity contribution in [1.82, 2.24) is 0 Å².